The summed E-state index contributed by atoms with van der Waals surface area (Å²) in [5.41, 5.74) is -0.181. The largest absolute Gasteiger partial charge is 0.341 e. The van der Waals surface area contributed by atoms with Gasteiger partial charge in [0.2, 0.25) is 5.91 Å². The lowest BCUT2D eigenvalue weighted by Crippen LogP contribution is -2.41. The van der Waals surface area contributed by atoms with Gasteiger partial charge in [0.1, 0.15) is 11.9 Å². The highest BCUT2D eigenvalue weighted by Crippen LogP contribution is 2.14. The van der Waals surface area contributed by atoms with Crippen LogP contribution in [-0.4, -0.2) is 22.8 Å². The summed E-state index contributed by atoms with van der Waals surface area (Å²) < 4.78 is 13.5. The third-order valence-corrected chi connectivity index (χ3v) is 3.19. The van der Waals surface area contributed by atoms with E-state index in [4.69, 9.17) is 0 Å². The number of hydrogen-bond donors (Lipinski definition) is 2. The van der Waals surface area contributed by atoms with Gasteiger partial charge >= 0.3 is 0 Å². The van der Waals surface area contributed by atoms with Crippen LogP contribution in [0, 0.1) is 15.9 Å². The summed E-state index contributed by atoms with van der Waals surface area (Å²) in [6.07, 6.45) is 0. The standard InChI is InChI=1S/C16H14FN3O4/c1-10(15(21)19-14-8-3-2-7-13(14)17)18-16(22)11-5-4-6-12(9-11)20(23)24/h2-10H,1H3,(H,18,22)(H,19,21). The van der Waals surface area contributed by atoms with Crippen LogP contribution in [0.1, 0.15) is 17.3 Å². The van der Waals surface area contributed by atoms with E-state index in [9.17, 15) is 24.1 Å². The minimum atomic E-state index is -0.962. The van der Waals surface area contributed by atoms with Gasteiger partial charge in [-0.15, -0.1) is 0 Å². The molecule has 24 heavy (non-hydrogen) atoms. The number of nitrogens with one attached hydrogen (secondary N) is 2. The molecular weight excluding hydrogens is 317 g/mol. The zero-order chi connectivity index (χ0) is 17.7. The molecule has 0 aliphatic rings. The molecular formula is C16H14FN3O4. The number of nitro groups is 1. The zero-order valence-electron chi connectivity index (χ0n) is 12.7. The average Bonchev–Trinajstić information content (AvgIpc) is 2.56. The van der Waals surface area contributed by atoms with E-state index in [2.05, 4.69) is 10.6 Å². The van der Waals surface area contributed by atoms with Crippen molar-refractivity contribution >= 4 is 23.2 Å². The molecule has 0 aliphatic heterocycles. The van der Waals surface area contributed by atoms with E-state index in [0.717, 1.165) is 6.07 Å². The maximum Gasteiger partial charge on any atom is 0.270 e. The quantitative estimate of drug-likeness (QED) is 0.649. The van der Waals surface area contributed by atoms with Crippen molar-refractivity contribution in [1.82, 2.24) is 5.32 Å². The maximum absolute atomic E-state index is 13.5. The molecule has 124 valence electrons. The summed E-state index contributed by atoms with van der Waals surface area (Å²) in [4.78, 5) is 34.2. The molecule has 0 bridgehead atoms. The lowest BCUT2D eigenvalue weighted by Gasteiger charge is -2.14. The van der Waals surface area contributed by atoms with Gasteiger partial charge in [0, 0.05) is 17.7 Å². The Morgan fingerprint density at radius 3 is 2.54 bits per heavy atom. The zero-order valence-corrected chi connectivity index (χ0v) is 12.7. The first-order valence-electron chi connectivity index (χ1n) is 6.99. The Morgan fingerprint density at radius 1 is 1.17 bits per heavy atom. The second-order valence-corrected chi connectivity index (χ2v) is 4.97. The number of benzene rings is 2. The normalized spacial score (nSPS) is 11.4. The van der Waals surface area contributed by atoms with Gasteiger partial charge in [-0.25, -0.2) is 4.39 Å². The second-order valence-electron chi connectivity index (χ2n) is 4.97. The molecule has 2 aromatic carbocycles. The first-order valence-corrected chi connectivity index (χ1v) is 6.99. The van der Waals surface area contributed by atoms with Crippen molar-refractivity contribution in [3.05, 3.63) is 70.0 Å². The predicted octanol–water partition coefficient (Wildman–Crippen LogP) is 2.49. The first kappa shape index (κ1) is 17.1. The number of amides is 2. The van der Waals surface area contributed by atoms with Crippen LogP contribution in [0.15, 0.2) is 48.5 Å². The average molecular weight is 331 g/mol. The molecule has 2 aromatic rings. The molecule has 0 saturated carbocycles. The van der Waals surface area contributed by atoms with Crippen LogP contribution in [-0.2, 0) is 4.79 Å². The van der Waals surface area contributed by atoms with Crippen LogP contribution in [0.4, 0.5) is 15.8 Å². The van der Waals surface area contributed by atoms with Gasteiger partial charge in [-0.3, -0.25) is 19.7 Å². The van der Waals surface area contributed by atoms with Crippen LogP contribution >= 0.6 is 0 Å². The van der Waals surface area contributed by atoms with Crippen LogP contribution < -0.4 is 10.6 Å². The Morgan fingerprint density at radius 2 is 1.88 bits per heavy atom. The summed E-state index contributed by atoms with van der Waals surface area (Å²) >= 11 is 0. The van der Waals surface area contributed by atoms with E-state index in [0.29, 0.717) is 0 Å². The number of nitrogens with zero attached hydrogens (tertiary/aromatic N) is 1. The van der Waals surface area contributed by atoms with Crippen LogP contribution in [0.5, 0.6) is 0 Å². The highest BCUT2D eigenvalue weighted by molar-refractivity contribution is 6.01. The van der Waals surface area contributed by atoms with Crippen molar-refractivity contribution in [3.63, 3.8) is 0 Å². The van der Waals surface area contributed by atoms with Gasteiger partial charge in [0.05, 0.1) is 10.6 Å². The van der Waals surface area contributed by atoms with Crippen molar-refractivity contribution in [2.45, 2.75) is 13.0 Å². The van der Waals surface area contributed by atoms with Gasteiger partial charge < -0.3 is 10.6 Å². The van der Waals surface area contributed by atoms with Gasteiger partial charge in [-0.1, -0.05) is 18.2 Å². The number of carbonyl (C=O) groups excluding carboxylic acids is 2. The lowest BCUT2D eigenvalue weighted by atomic mass is 10.1. The summed E-state index contributed by atoms with van der Waals surface area (Å²) in [5.74, 6) is -1.85. The van der Waals surface area contributed by atoms with E-state index in [1.54, 1.807) is 6.07 Å². The molecule has 0 saturated heterocycles. The van der Waals surface area contributed by atoms with Crippen molar-refractivity contribution in [2.75, 3.05) is 5.32 Å². The van der Waals surface area contributed by atoms with Crippen molar-refractivity contribution in [1.29, 1.82) is 0 Å². The molecule has 1 unspecified atom stereocenters. The Bertz CT molecular complexity index is 794. The molecule has 0 spiro atoms. The molecule has 0 aromatic heterocycles. The molecule has 7 nitrogen and oxygen atoms in total. The van der Waals surface area contributed by atoms with E-state index >= 15 is 0 Å². The molecule has 2 rings (SSSR count). The number of halogens is 1. The molecule has 2 N–H and O–H groups in total. The monoisotopic (exact) mass is 331 g/mol. The fourth-order valence-electron chi connectivity index (χ4n) is 1.91. The molecule has 8 heteroatoms. The van der Waals surface area contributed by atoms with Crippen LogP contribution in [0.3, 0.4) is 0 Å². The Labute approximate surface area is 136 Å². The molecule has 0 aliphatic carbocycles. The first-order chi connectivity index (χ1) is 11.4. The van der Waals surface area contributed by atoms with Gasteiger partial charge in [0.15, 0.2) is 0 Å². The highest BCUT2D eigenvalue weighted by Gasteiger charge is 2.19. The highest BCUT2D eigenvalue weighted by atomic mass is 19.1. The molecule has 0 heterocycles. The third kappa shape index (κ3) is 4.13. The summed E-state index contributed by atoms with van der Waals surface area (Å²) in [6.45, 7) is 1.42. The van der Waals surface area contributed by atoms with Gasteiger partial charge in [-0.05, 0) is 25.1 Å². The number of non-ortho nitro benzene ring substituents is 1. The number of carbonyl (C=O) groups is 2. The topological polar surface area (TPSA) is 101 Å². The number of para-hydroxylation sites is 1. The van der Waals surface area contributed by atoms with Gasteiger partial charge in [-0.2, -0.15) is 0 Å². The third-order valence-electron chi connectivity index (χ3n) is 3.19. The Kier molecular flexibility index (Phi) is 5.20. The predicted molar refractivity (Wildman–Crippen MR) is 85.1 cm³/mol. The lowest BCUT2D eigenvalue weighted by molar-refractivity contribution is -0.384. The van der Waals surface area contributed by atoms with Crippen molar-refractivity contribution in [2.24, 2.45) is 0 Å². The summed E-state index contributed by atoms with van der Waals surface area (Å²) in [7, 11) is 0. The number of rotatable bonds is 5. The fraction of sp³-hybridized carbons (Fsp3) is 0.125. The van der Waals surface area contributed by atoms with E-state index < -0.39 is 28.6 Å². The minimum absolute atomic E-state index is 0.000974. The van der Waals surface area contributed by atoms with Crippen molar-refractivity contribution < 1.29 is 18.9 Å². The number of hydrogen-bond acceptors (Lipinski definition) is 4. The Hall–Kier alpha value is -3.29. The van der Waals surface area contributed by atoms with E-state index in [1.165, 1.54) is 43.3 Å². The maximum atomic E-state index is 13.5. The molecule has 0 fully saturated rings. The van der Waals surface area contributed by atoms with Gasteiger partial charge in [0.25, 0.3) is 11.6 Å². The number of anilines is 1. The molecule has 0 radical (unpaired) electrons. The van der Waals surface area contributed by atoms with Crippen LogP contribution in [0.2, 0.25) is 0 Å². The van der Waals surface area contributed by atoms with Crippen molar-refractivity contribution in [3.8, 4) is 0 Å². The van der Waals surface area contributed by atoms with E-state index in [1.807, 2.05) is 0 Å². The SMILES string of the molecule is CC(NC(=O)c1cccc([N+](=O)[O-])c1)C(=O)Nc1ccccc1F. The van der Waals surface area contributed by atoms with Crippen LogP contribution in [0.25, 0.3) is 0 Å². The number of nitro benzene ring substituents is 1. The summed E-state index contributed by atoms with van der Waals surface area (Å²) in [5, 5.41) is 15.5. The smallest absolute Gasteiger partial charge is 0.270 e. The van der Waals surface area contributed by atoms with E-state index in [-0.39, 0.29) is 16.9 Å². The second kappa shape index (κ2) is 7.32. The fourth-order valence-corrected chi connectivity index (χ4v) is 1.91. The minimum Gasteiger partial charge on any atom is -0.341 e. The molecule has 2 amide bonds. The Balaban J connectivity index is 2.03. The summed E-state index contributed by atoms with van der Waals surface area (Å²) in [6, 6.07) is 9.80. The molecule has 1 atom stereocenters.